The molecule has 0 spiro atoms. The molecule has 1 aliphatic heterocycles. The van der Waals surface area contributed by atoms with E-state index in [1.165, 1.54) is 7.11 Å². The van der Waals surface area contributed by atoms with E-state index >= 15 is 0 Å². The number of aliphatic hydroxyl groups is 1. The molecule has 102 valence electrons. The van der Waals surface area contributed by atoms with Crippen LogP contribution in [0.2, 0.25) is 0 Å². The van der Waals surface area contributed by atoms with Crippen molar-refractivity contribution < 1.29 is 28.8 Å². The Morgan fingerprint density at radius 3 is 2.06 bits per heavy atom. The molecule has 0 saturated carbocycles. The van der Waals surface area contributed by atoms with Crippen LogP contribution in [0.4, 0.5) is 0 Å². The smallest absolute Gasteiger partial charge is 0.192 e. The van der Waals surface area contributed by atoms with Crippen LogP contribution in [-0.4, -0.2) is 70.4 Å². The third-order valence-electron chi connectivity index (χ3n) is 3.04. The summed E-state index contributed by atoms with van der Waals surface area (Å²) in [6.07, 6.45) is -1.80. The Balaban J connectivity index is 2.93. The Morgan fingerprint density at radius 2 is 1.65 bits per heavy atom. The summed E-state index contributed by atoms with van der Waals surface area (Å²) in [5.41, 5.74) is 0. The van der Waals surface area contributed by atoms with E-state index < -0.39 is 24.1 Å². The van der Waals surface area contributed by atoms with Crippen molar-refractivity contribution in [2.45, 2.75) is 37.1 Å². The second kappa shape index (κ2) is 6.08. The maximum atomic E-state index is 10.2. The van der Waals surface area contributed by atoms with E-state index in [4.69, 9.17) is 23.7 Å². The van der Waals surface area contributed by atoms with Crippen molar-refractivity contribution in [3.8, 4) is 0 Å². The van der Waals surface area contributed by atoms with Crippen molar-refractivity contribution in [1.82, 2.24) is 0 Å². The van der Waals surface area contributed by atoms with Crippen LogP contribution in [0.1, 0.15) is 6.92 Å². The first-order valence-electron chi connectivity index (χ1n) is 5.49. The van der Waals surface area contributed by atoms with Gasteiger partial charge >= 0.3 is 0 Å². The highest BCUT2D eigenvalue weighted by Gasteiger charge is 2.52. The minimum atomic E-state index is -1.44. The summed E-state index contributed by atoms with van der Waals surface area (Å²) in [4.78, 5) is 0. The van der Waals surface area contributed by atoms with Crippen molar-refractivity contribution in [3.05, 3.63) is 0 Å². The molecule has 1 N–H and O–H groups in total. The predicted molar refractivity (Wildman–Crippen MR) is 59.8 cm³/mol. The van der Waals surface area contributed by atoms with E-state index in [-0.39, 0.29) is 6.10 Å². The minimum Gasteiger partial charge on any atom is -0.382 e. The van der Waals surface area contributed by atoms with Gasteiger partial charge in [-0.05, 0) is 6.92 Å². The molecule has 0 bridgehead atoms. The highest BCUT2D eigenvalue weighted by atomic mass is 16.7. The van der Waals surface area contributed by atoms with Gasteiger partial charge in [0.25, 0.3) is 0 Å². The van der Waals surface area contributed by atoms with Gasteiger partial charge in [-0.3, -0.25) is 0 Å². The van der Waals surface area contributed by atoms with Gasteiger partial charge in [0.05, 0.1) is 6.61 Å². The summed E-state index contributed by atoms with van der Waals surface area (Å²) in [6, 6.07) is 0. The molecule has 0 aromatic carbocycles. The lowest BCUT2D eigenvalue weighted by molar-refractivity contribution is -0.351. The first kappa shape index (κ1) is 14.8. The molecule has 0 radical (unpaired) electrons. The Bertz CT molecular complexity index is 232. The lowest BCUT2D eigenvalue weighted by Crippen LogP contribution is -2.65. The molecule has 1 aliphatic rings. The van der Waals surface area contributed by atoms with Gasteiger partial charge in [-0.2, -0.15) is 0 Å². The zero-order valence-corrected chi connectivity index (χ0v) is 11.0. The molecule has 0 aromatic rings. The third kappa shape index (κ3) is 2.96. The summed E-state index contributed by atoms with van der Waals surface area (Å²) in [5, 5.41) is 10.2. The van der Waals surface area contributed by atoms with Crippen LogP contribution in [0.25, 0.3) is 0 Å². The highest BCUT2D eigenvalue weighted by Crippen LogP contribution is 2.32. The highest BCUT2D eigenvalue weighted by molar-refractivity contribution is 4.96. The SMILES string of the molecule is COC[C@H]1OC(C)(O)[C@@H](OC)[C@@H](OC)[C@@H]1OC. The van der Waals surface area contributed by atoms with Gasteiger partial charge in [-0.1, -0.05) is 0 Å². The van der Waals surface area contributed by atoms with E-state index in [9.17, 15) is 5.11 Å². The topological polar surface area (TPSA) is 66.4 Å². The second-order valence-electron chi connectivity index (χ2n) is 4.22. The molecule has 17 heavy (non-hydrogen) atoms. The maximum Gasteiger partial charge on any atom is 0.192 e. The molecule has 1 rings (SSSR count). The van der Waals surface area contributed by atoms with E-state index in [1.807, 2.05) is 0 Å². The number of hydrogen-bond donors (Lipinski definition) is 1. The standard InChI is InChI=1S/C11H22O6/c1-11(12)10(16-5)9(15-4)8(14-3)7(17-11)6-13-2/h7-10,12H,6H2,1-5H3/t7-,8-,9+,10+,11?/m1/s1. The minimum absolute atomic E-state index is 0.310. The summed E-state index contributed by atoms with van der Waals surface area (Å²) in [5.74, 6) is -1.44. The molecule has 6 heteroatoms. The zero-order chi connectivity index (χ0) is 13.1. The van der Waals surface area contributed by atoms with Crippen molar-refractivity contribution in [2.75, 3.05) is 35.0 Å². The lowest BCUT2D eigenvalue weighted by Gasteiger charge is -2.47. The van der Waals surface area contributed by atoms with Gasteiger partial charge in [0.15, 0.2) is 5.79 Å². The van der Waals surface area contributed by atoms with Crippen LogP contribution in [0.15, 0.2) is 0 Å². The van der Waals surface area contributed by atoms with Gasteiger partial charge < -0.3 is 28.8 Å². The van der Waals surface area contributed by atoms with Gasteiger partial charge in [-0.25, -0.2) is 0 Å². The fraction of sp³-hybridized carbons (Fsp3) is 1.00. The Labute approximate surface area is 102 Å². The molecule has 1 fully saturated rings. The summed E-state index contributed by atoms with van der Waals surface area (Å²) >= 11 is 0. The summed E-state index contributed by atoms with van der Waals surface area (Å²) in [6.45, 7) is 1.85. The quantitative estimate of drug-likeness (QED) is 0.728. The van der Waals surface area contributed by atoms with Crippen LogP contribution in [-0.2, 0) is 23.7 Å². The Kier molecular flexibility index (Phi) is 5.30. The van der Waals surface area contributed by atoms with Crippen molar-refractivity contribution >= 4 is 0 Å². The van der Waals surface area contributed by atoms with Crippen LogP contribution >= 0.6 is 0 Å². The summed E-state index contributed by atoms with van der Waals surface area (Å²) in [7, 11) is 6.18. The Hall–Kier alpha value is -0.240. The summed E-state index contributed by atoms with van der Waals surface area (Å²) < 4.78 is 26.6. The predicted octanol–water partition coefficient (Wildman–Crippen LogP) is -0.215. The largest absolute Gasteiger partial charge is 0.382 e. The van der Waals surface area contributed by atoms with Gasteiger partial charge in [0.1, 0.15) is 24.4 Å². The fourth-order valence-corrected chi connectivity index (χ4v) is 2.32. The van der Waals surface area contributed by atoms with E-state index in [0.717, 1.165) is 0 Å². The van der Waals surface area contributed by atoms with E-state index in [1.54, 1.807) is 28.3 Å². The molecule has 1 saturated heterocycles. The first-order valence-corrected chi connectivity index (χ1v) is 5.49. The molecule has 1 unspecified atom stereocenters. The molecule has 0 aromatic heterocycles. The van der Waals surface area contributed by atoms with Gasteiger partial charge in [0.2, 0.25) is 0 Å². The van der Waals surface area contributed by atoms with Crippen LogP contribution in [0.3, 0.4) is 0 Å². The molecular weight excluding hydrogens is 228 g/mol. The number of hydrogen-bond acceptors (Lipinski definition) is 6. The van der Waals surface area contributed by atoms with Crippen molar-refractivity contribution in [3.63, 3.8) is 0 Å². The Morgan fingerprint density at radius 1 is 1.06 bits per heavy atom. The van der Waals surface area contributed by atoms with Crippen LogP contribution < -0.4 is 0 Å². The molecule has 1 heterocycles. The van der Waals surface area contributed by atoms with Gasteiger partial charge in [0, 0.05) is 28.4 Å². The molecule has 6 nitrogen and oxygen atoms in total. The molecule has 0 amide bonds. The van der Waals surface area contributed by atoms with E-state index in [2.05, 4.69) is 0 Å². The zero-order valence-electron chi connectivity index (χ0n) is 11.0. The molecule has 5 atom stereocenters. The fourth-order valence-electron chi connectivity index (χ4n) is 2.32. The lowest BCUT2D eigenvalue weighted by atomic mass is 9.93. The van der Waals surface area contributed by atoms with Crippen molar-refractivity contribution in [2.24, 2.45) is 0 Å². The van der Waals surface area contributed by atoms with E-state index in [0.29, 0.717) is 6.61 Å². The second-order valence-corrected chi connectivity index (χ2v) is 4.22. The number of methoxy groups -OCH3 is 4. The monoisotopic (exact) mass is 250 g/mol. The number of rotatable bonds is 5. The van der Waals surface area contributed by atoms with Crippen LogP contribution in [0, 0.1) is 0 Å². The van der Waals surface area contributed by atoms with Crippen molar-refractivity contribution in [1.29, 1.82) is 0 Å². The maximum absolute atomic E-state index is 10.2. The van der Waals surface area contributed by atoms with Gasteiger partial charge in [-0.15, -0.1) is 0 Å². The molecular formula is C11H22O6. The molecule has 0 aliphatic carbocycles. The third-order valence-corrected chi connectivity index (χ3v) is 3.04. The normalized spacial score (nSPS) is 42.7. The van der Waals surface area contributed by atoms with Crippen LogP contribution in [0.5, 0.6) is 0 Å². The number of ether oxygens (including phenoxy) is 5. The average Bonchev–Trinajstić information content (AvgIpc) is 2.27. The average molecular weight is 250 g/mol. The first-order chi connectivity index (χ1) is 8.01.